The van der Waals surface area contributed by atoms with E-state index in [0.717, 1.165) is 4.90 Å². The molecule has 1 aliphatic rings. The first-order valence-electron chi connectivity index (χ1n) is 10.5. The number of nitrogens with zero attached hydrogens (tertiary/aromatic N) is 1. The van der Waals surface area contributed by atoms with Gasteiger partial charge in [-0.1, -0.05) is 54.6 Å². The van der Waals surface area contributed by atoms with Crippen LogP contribution in [0.25, 0.3) is 0 Å². The van der Waals surface area contributed by atoms with Crippen molar-refractivity contribution in [2.45, 2.75) is 18.8 Å². The third-order valence-electron chi connectivity index (χ3n) is 5.30. The molecule has 0 bridgehead atoms. The van der Waals surface area contributed by atoms with Gasteiger partial charge in [0.2, 0.25) is 12.2 Å². The Hall–Kier alpha value is -4.46. The van der Waals surface area contributed by atoms with Gasteiger partial charge in [-0.2, -0.15) is 0 Å². The minimum atomic E-state index is -1.62. The van der Waals surface area contributed by atoms with Gasteiger partial charge in [-0.25, -0.2) is 9.59 Å². The molecule has 4 rings (SSSR count). The number of hydrogen-bond acceptors (Lipinski definition) is 7. The first-order chi connectivity index (χ1) is 16.5. The molecule has 1 aliphatic heterocycles. The van der Waals surface area contributed by atoms with E-state index >= 15 is 0 Å². The molecule has 8 heteroatoms. The number of amides is 2. The smallest absolute Gasteiger partial charge is 0.339 e. The van der Waals surface area contributed by atoms with Gasteiger partial charge < -0.3 is 14.2 Å². The number of benzene rings is 3. The summed E-state index contributed by atoms with van der Waals surface area (Å²) in [6.07, 6.45) is -3.25. The lowest BCUT2D eigenvalue weighted by molar-refractivity contribution is -0.142. The maximum absolute atomic E-state index is 13.2. The molecule has 172 valence electrons. The Kier molecular flexibility index (Phi) is 6.68. The fraction of sp³-hybridized carbons (Fsp3) is 0.154. The van der Waals surface area contributed by atoms with Crippen molar-refractivity contribution in [3.63, 3.8) is 0 Å². The standard InChI is InChI=1S/C26H21NO7/c1-32-20-15-9-8-14-19(20)16-27-23(28)21(33-25(30)17-10-4-2-5-11-17)22(24(27)29)34-26(31)18-12-6-3-7-13-18/h2-15,21-22H,16H2,1H3/t21-,22+. The lowest BCUT2D eigenvalue weighted by Crippen LogP contribution is -2.37. The molecule has 1 fully saturated rings. The van der Waals surface area contributed by atoms with E-state index < -0.39 is 36.0 Å². The van der Waals surface area contributed by atoms with Crippen LogP contribution in [0.3, 0.4) is 0 Å². The van der Waals surface area contributed by atoms with Crippen molar-refractivity contribution in [2.24, 2.45) is 0 Å². The Morgan fingerprint density at radius 1 is 0.706 bits per heavy atom. The van der Waals surface area contributed by atoms with Gasteiger partial charge in [-0.3, -0.25) is 14.5 Å². The highest BCUT2D eigenvalue weighted by molar-refractivity contribution is 6.10. The van der Waals surface area contributed by atoms with Gasteiger partial charge in [0.15, 0.2) is 0 Å². The van der Waals surface area contributed by atoms with Crippen LogP contribution in [0.15, 0.2) is 84.9 Å². The molecular weight excluding hydrogens is 438 g/mol. The topological polar surface area (TPSA) is 99.2 Å². The molecule has 0 spiro atoms. The summed E-state index contributed by atoms with van der Waals surface area (Å²) in [5, 5.41) is 0. The molecule has 34 heavy (non-hydrogen) atoms. The second-order valence-electron chi connectivity index (χ2n) is 7.46. The van der Waals surface area contributed by atoms with Crippen LogP contribution in [0.4, 0.5) is 0 Å². The summed E-state index contributed by atoms with van der Waals surface area (Å²) in [5.74, 6) is -2.72. The lowest BCUT2D eigenvalue weighted by Gasteiger charge is -2.16. The predicted octanol–water partition coefficient (Wildman–Crippen LogP) is 3.02. The summed E-state index contributed by atoms with van der Waals surface area (Å²) in [6.45, 7) is -0.138. The first-order valence-corrected chi connectivity index (χ1v) is 10.5. The van der Waals surface area contributed by atoms with E-state index in [2.05, 4.69) is 0 Å². The number of carbonyl (C=O) groups excluding carboxylic acids is 4. The minimum absolute atomic E-state index is 0.138. The highest BCUT2D eigenvalue weighted by Crippen LogP contribution is 2.27. The number of likely N-dealkylation sites (tertiary alicyclic amines) is 1. The Morgan fingerprint density at radius 2 is 1.15 bits per heavy atom. The van der Waals surface area contributed by atoms with Crippen molar-refractivity contribution in [2.75, 3.05) is 7.11 Å². The van der Waals surface area contributed by atoms with Crippen LogP contribution in [-0.2, 0) is 25.6 Å². The van der Waals surface area contributed by atoms with Gasteiger partial charge in [0, 0.05) is 5.56 Å². The van der Waals surface area contributed by atoms with E-state index in [1.54, 1.807) is 60.7 Å². The summed E-state index contributed by atoms with van der Waals surface area (Å²) in [4.78, 5) is 52.6. The molecule has 0 aliphatic carbocycles. The number of para-hydroxylation sites is 1. The first kappa shape index (κ1) is 22.7. The average molecular weight is 459 g/mol. The van der Waals surface area contributed by atoms with E-state index in [1.165, 1.54) is 31.4 Å². The van der Waals surface area contributed by atoms with E-state index in [-0.39, 0.29) is 17.7 Å². The van der Waals surface area contributed by atoms with Crippen LogP contribution in [0.5, 0.6) is 5.75 Å². The van der Waals surface area contributed by atoms with Gasteiger partial charge in [0.05, 0.1) is 24.8 Å². The van der Waals surface area contributed by atoms with Crippen LogP contribution < -0.4 is 4.74 Å². The molecule has 0 N–H and O–H groups in total. The number of rotatable bonds is 7. The third kappa shape index (κ3) is 4.66. The van der Waals surface area contributed by atoms with Crippen molar-refractivity contribution in [1.82, 2.24) is 4.90 Å². The van der Waals surface area contributed by atoms with Gasteiger partial charge in [-0.05, 0) is 30.3 Å². The molecule has 0 radical (unpaired) electrons. The highest BCUT2D eigenvalue weighted by atomic mass is 16.6. The molecule has 3 aromatic rings. The van der Waals surface area contributed by atoms with Crippen molar-refractivity contribution < 1.29 is 33.4 Å². The molecule has 3 aromatic carbocycles. The minimum Gasteiger partial charge on any atom is -0.496 e. The van der Waals surface area contributed by atoms with E-state index in [4.69, 9.17) is 14.2 Å². The van der Waals surface area contributed by atoms with Crippen LogP contribution in [0.1, 0.15) is 26.3 Å². The largest absolute Gasteiger partial charge is 0.496 e. The van der Waals surface area contributed by atoms with Gasteiger partial charge in [0.1, 0.15) is 5.75 Å². The second kappa shape index (κ2) is 9.99. The quantitative estimate of drug-likeness (QED) is 0.396. The number of ether oxygens (including phenoxy) is 3. The Balaban J connectivity index is 1.62. The molecule has 2 atom stereocenters. The third-order valence-corrected chi connectivity index (χ3v) is 5.30. The zero-order valence-electron chi connectivity index (χ0n) is 18.2. The summed E-state index contributed by atoms with van der Waals surface area (Å²) in [7, 11) is 1.47. The maximum atomic E-state index is 13.2. The predicted molar refractivity (Wildman–Crippen MR) is 120 cm³/mol. The lowest BCUT2D eigenvalue weighted by atomic mass is 10.2. The number of hydrogen-bond donors (Lipinski definition) is 0. The summed E-state index contributed by atoms with van der Waals surface area (Å²) in [5.41, 5.74) is 0.952. The van der Waals surface area contributed by atoms with Crippen LogP contribution in [0.2, 0.25) is 0 Å². The molecule has 2 amide bonds. The fourth-order valence-electron chi connectivity index (χ4n) is 3.57. The van der Waals surface area contributed by atoms with Gasteiger partial charge in [-0.15, -0.1) is 0 Å². The molecule has 0 saturated carbocycles. The highest BCUT2D eigenvalue weighted by Gasteiger charge is 2.53. The second-order valence-corrected chi connectivity index (χ2v) is 7.46. The van der Waals surface area contributed by atoms with Crippen molar-refractivity contribution in [3.8, 4) is 5.75 Å². The summed E-state index contributed by atoms with van der Waals surface area (Å²) >= 11 is 0. The molecule has 0 aromatic heterocycles. The van der Waals surface area contributed by atoms with Gasteiger partial charge >= 0.3 is 11.9 Å². The van der Waals surface area contributed by atoms with Gasteiger partial charge in [0.25, 0.3) is 11.8 Å². The summed E-state index contributed by atoms with van der Waals surface area (Å²) < 4.78 is 16.1. The summed E-state index contributed by atoms with van der Waals surface area (Å²) in [6, 6.07) is 22.9. The number of imide groups is 1. The van der Waals surface area contributed by atoms with Crippen molar-refractivity contribution in [3.05, 3.63) is 102 Å². The zero-order chi connectivity index (χ0) is 24.1. The van der Waals surface area contributed by atoms with E-state index in [0.29, 0.717) is 11.3 Å². The van der Waals surface area contributed by atoms with E-state index in [9.17, 15) is 19.2 Å². The van der Waals surface area contributed by atoms with Crippen molar-refractivity contribution in [1.29, 1.82) is 0 Å². The Labute approximate surface area is 195 Å². The SMILES string of the molecule is COc1ccccc1CN1C(=O)[C@@H](OC(=O)c2ccccc2)[C@@H](OC(=O)c2ccccc2)C1=O. The maximum Gasteiger partial charge on any atom is 0.339 e. The average Bonchev–Trinajstić information content (AvgIpc) is 3.09. The fourth-order valence-corrected chi connectivity index (χ4v) is 3.57. The molecule has 8 nitrogen and oxygen atoms in total. The number of esters is 2. The number of carbonyl (C=O) groups is 4. The molecule has 1 heterocycles. The normalized spacial score (nSPS) is 17.4. The zero-order valence-corrected chi connectivity index (χ0v) is 18.2. The van der Waals surface area contributed by atoms with Crippen molar-refractivity contribution >= 4 is 23.8 Å². The number of methoxy groups -OCH3 is 1. The van der Waals surface area contributed by atoms with Crippen LogP contribution in [0, 0.1) is 0 Å². The molecule has 0 unspecified atom stereocenters. The van der Waals surface area contributed by atoms with Crippen LogP contribution >= 0.6 is 0 Å². The van der Waals surface area contributed by atoms with E-state index in [1.807, 2.05) is 0 Å². The molecular formula is C26H21NO7. The van der Waals surface area contributed by atoms with Crippen LogP contribution in [-0.4, -0.2) is 48.0 Å². The Morgan fingerprint density at radius 3 is 1.62 bits per heavy atom. The monoisotopic (exact) mass is 459 g/mol. The molecule has 1 saturated heterocycles. The Bertz CT molecular complexity index is 1140.